The normalized spacial score (nSPS) is 9.67. The highest BCUT2D eigenvalue weighted by molar-refractivity contribution is 5.67. The summed E-state index contributed by atoms with van der Waals surface area (Å²) in [6, 6.07) is 19.9. The largest absolute Gasteiger partial charge is 0.372 e. The van der Waals surface area contributed by atoms with Crippen molar-refractivity contribution in [2.75, 3.05) is 18.5 Å². The summed E-state index contributed by atoms with van der Waals surface area (Å²) in [6.45, 7) is 0.808. The van der Waals surface area contributed by atoms with Crippen molar-refractivity contribution < 1.29 is 0 Å². The van der Waals surface area contributed by atoms with Gasteiger partial charge in [-0.25, -0.2) is 0 Å². The van der Waals surface area contributed by atoms with Crippen LogP contribution in [-0.4, -0.2) is 13.6 Å². The predicted molar refractivity (Wildman–Crippen MR) is 83.9 cm³/mol. The highest BCUT2D eigenvalue weighted by Gasteiger charge is 2.12. The van der Waals surface area contributed by atoms with Crippen molar-refractivity contribution >= 4 is 5.69 Å². The van der Waals surface area contributed by atoms with Crippen molar-refractivity contribution in [3.05, 3.63) is 65.2 Å². The quantitative estimate of drug-likeness (QED) is 0.839. The number of rotatable bonds is 5. The zero-order valence-electron chi connectivity index (χ0n) is 12.1. The van der Waals surface area contributed by atoms with Crippen molar-refractivity contribution in [3.63, 3.8) is 0 Å². The van der Waals surface area contributed by atoms with Crippen LogP contribution in [0.5, 0.6) is 0 Å². The second-order valence-electron chi connectivity index (χ2n) is 4.94. The molecule has 0 amide bonds. The fourth-order valence-corrected chi connectivity index (χ4v) is 2.41. The van der Waals surface area contributed by atoms with Crippen LogP contribution in [0.15, 0.2) is 48.5 Å². The third-order valence-electron chi connectivity index (χ3n) is 3.46. The van der Waals surface area contributed by atoms with Crippen molar-refractivity contribution in [1.82, 2.24) is 0 Å². The minimum Gasteiger partial charge on any atom is -0.372 e. The zero-order chi connectivity index (χ0) is 15.1. The number of aryl methyl sites for hydroxylation is 1. The van der Waals surface area contributed by atoms with Gasteiger partial charge < -0.3 is 4.90 Å². The van der Waals surface area contributed by atoms with Crippen LogP contribution in [0.1, 0.15) is 23.1 Å². The molecule has 0 aliphatic carbocycles. The molecule has 2 aromatic carbocycles. The van der Waals surface area contributed by atoms with E-state index in [1.165, 1.54) is 5.56 Å². The Bertz CT molecular complexity index is 646. The van der Waals surface area contributed by atoms with Gasteiger partial charge in [-0.05, 0) is 30.5 Å². The number of hydrogen-bond acceptors (Lipinski definition) is 3. The second-order valence-corrected chi connectivity index (χ2v) is 4.94. The Morgan fingerprint density at radius 2 is 1.52 bits per heavy atom. The Labute approximate surface area is 125 Å². The van der Waals surface area contributed by atoms with Gasteiger partial charge in [0.15, 0.2) is 0 Å². The standard InChI is InChI=1S/C18H17N3/c1-21(12-6-9-15-7-3-2-4-8-15)18-16(13-19)10-5-11-17(18)14-20/h2-5,7-8,10-11H,6,9,12H2,1H3. The lowest BCUT2D eigenvalue weighted by Gasteiger charge is -2.21. The zero-order valence-corrected chi connectivity index (χ0v) is 12.1. The number of nitrogens with zero attached hydrogens (tertiary/aromatic N) is 3. The SMILES string of the molecule is CN(CCCc1ccccc1)c1c(C#N)cccc1C#N. The summed E-state index contributed by atoms with van der Waals surface area (Å²) in [6.07, 6.45) is 1.97. The van der Waals surface area contributed by atoms with Gasteiger partial charge in [0.25, 0.3) is 0 Å². The number of hydrogen-bond donors (Lipinski definition) is 0. The van der Waals surface area contributed by atoms with E-state index < -0.39 is 0 Å². The average molecular weight is 275 g/mol. The predicted octanol–water partition coefficient (Wildman–Crippen LogP) is 3.50. The molecule has 0 aliphatic rings. The van der Waals surface area contributed by atoms with Crippen LogP contribution in [0, 0.1) is 22.7 Å². The van der Waals surface area contributed by atoms with Crippen LogP contribution in [0.2, 0.25) is 0 Å². The molecule has 0 aromatic heterocycles. The molecule has 0 atom stereocenters. The lowest BCUT2D eigenvalue weighted by molar-refractivity contribution is 0.784. The molecule has 2 rings (SSSR count). The Morgan fingerprint density at radius 3 is 2.10 bits per heavy atom. The molecule has 0 aliphatic heterocycles. The van der Waals surface area contributed by atoms with Crippen LogP contribution >= 0.6 is 0 Å². The molecule has 0 unspecified atom stereocenters. The number of anilines is 1. The molecular weight excluding hydrogens is 258 g/mol. The van der Waals surface area contributed by atoms with Crippen molar-refractivity contribution in [1.29, 1.82) is 10.5 Å². The van der Waals surface area contributed by atoms with Crippen LogP contribution in [0.3, 0.4) is 0 Å². The van der Waals surface area contributed by atoms with Gasteiger partial charge in [0.2, 0.25) is 0 Å². The third kappa shape index (κ3) is 3.61. The van der Waals surface area contributed by atoms with Gasteiger partial charge in [-0.2, -0.15) is 10.5 Å². The van der Waals surface area contributed by atoms with Gasteiger partial charge in [-0.1, -0.05) is 36.4 Å². The van der Waals surface area contributed by atoms with Gasteiger partial charge in [-0.15, -0.1) is 0 Å². The lowest BCUT2D eigenvalue weighted by Crippen LogP contribution is -2.21. The summed E-state index contributed by atoms with van der Waals surface area (Å²) >= 11 is 0. The first kappa shape index (κ1) is 14.6. The van der Waals surface area contributed by atoms with Crippen molar-refractivity contribution in [3.8, 4) is 12.1 Å². The molecular formula is C18H17N3. The molecule has 0 saturated heterocycles. The van der Waals surface area contributed by atoms with Gasteiger partial charge in [0.05, 0.1) is 16.8 Å². The summed E-state index contributed by atoms with van der Waals surface area (Å²) in [5.74, 6) is 0. The minimum absolute atomic E-state index is 0.552. The smallest absolute Gasteiger partial charge is 0.101 e. The number of benzene rings is 2. The van der Waals surface area contributed by atoms with E-state index >= 15 is 0 Å². The molecule has 0 N–H and O–H groups in total. The second kappa shape index (κ2) is 7.12. The van der Waals surface area contributed by atoms with E-state index in [1.54, 1.807) is 18.2 Å². The first-order valence-electron chi connectivity index (χ1n) is 6.94. The van der Waals surface area contributed by atoms with E-state index in [1.807, 2.05) is 30.1 Å². The Kier molecular flexibility index (Phi) is 4.96. The monoisotopic (exact) mass is 275 g/mol. The topological polar surface area (TPSA) is 50.8 Å². The van der Waals surface area contributed by atoms with E-state index in [9.17, 15) is 10.5 Å². The molecule has 104 valence electrons. The maximum absolute atomic E-state index is 9.20. The summed E-state index contributed by atoms with van der Waals surface area (Å²) < 4.78 is 0. The van der Waals surface area contributed by atoms with E-state index in [0.717, 1.165) is 25.1 Å². The third-order valence-corrected chi connectivity index (χ3v) is 3.46. The van der Waals surface area contributed by atoms with Crippen LogP contribution in [-0.2, 0) is 6.42 Å². The van der Waals surface area contributed by atoms with Gasteiger partial charge >= 0.3 is 0 Å². The Morgan fingerprint density at radius 1 is 0.905 bits per heavy atom. The van der Waals surface area contributed by atoms with Gasteiger partial charge in [-0.3, -0.25) is 0 Å². The summed E-state index contributed by atoms with van der Waals surface area (Å²) in [4.78, 5) is 2.00. The van der Waals surface area contributed by atoms with Crippen LogP contribution in [0.4, 0.5) is 5.69 Å². The summed E-state index contributed by atoms with van der Waals surface area (Å²) in [7, 11) is 1.93. The number of para-hydroxylation sites is 1. The molecule has 21 heavy (non-hydrogen) atoms. The fraction of sp³-hybridized carbons (Fsp3) is 0.222. The number of nitriles is 2. The highest BCUT2D eigenvalue weighted by Crippen LogP contribution is 2.24. The fourth-order valence-electron chi connectivity index (χ4n) is 2.41. The Balaban J connectivity index is 2.06. The highest BCUT2D eigenvalue weighted by atomic mass is 15.1. The van der Waals surface area contributed by atoms with E-state index in [0.29, 0.717) is 11.1 Å². The first-order valence-corrected chi connectivity index (χ1v) is 6.94. The molecule has 3 heteroatoms. The molecule has 0 heterocycles. The molecule has 0 saturated carbocycles. The maximum atomic E-state index is 9.20. The molecule has 0 fully saturated rings. The summed E-state index contributed by atoms with van der Waals surface area (Å²) in [5.41, 5.74) is 3.14. The summed E-state index contributed by atoms with van der Waals surface area (Å²) in [5, 5.41) is 18.4. The van der Waals surface area contributed by atoms with Crippen LogP contribution in [0.25, 0.3) is 0 Å². The van der Waals surface area contributed by atoms with E-state index in [4.69, 9.17) is 0 Å². The van der Waals surface area contributed by atoms with Crippen LogP contribution < -0.4 is 4.90 Å². The molecule has 2 aromatic rings. The molecule has 0 radical (unpaired) electrons. The minimum atomic E-state index is 0.552. The van der Waals surface area contributed by atoms with Crippen molar-refractivity contribution in [2.45, 2.75) is 12.8 Å². The maximum Gasteiger partial charge on any atom is 0.101 e. The van der Waals surface area contributed by atoms with E-state index in [2.05, 4.69) is 24.3 Å². The Hall–Kier alpha value is -2.78. The molecule has 3 nitrogen and oxygen atoms in total. The van der Waals surface area contributed by atoms with E-state index in [-0.39, 0.29) is 0 Å². The van der Waals surface area contributed by atoms with Gasteiger partial charge in [0, 0.05) is 13.6 Å². The average Bonchev–Trinajstić information content (AvgIpc) is 2.54. The van der Waals surface area contributed by atoms with Gasteiger partial charge in [0.1, 0.15) is 12.1 Å². The van der Waals surface area contributed by atoms with Crippen molar-refractivity contribution in [2.24, 2.45) is 0 Å². The first-order chi connectivity index (χ1) is 10.3. The lowest BCUT2D eigenvalue weighted by atomic mass is 10.1. The molecule has 0 spiro atoms. The molecule has 0 bridgehead atoms.